The first kappa shape index (κ1) is 12.8. The number of nitrogen functional groups attached to an aromatic ring is 1. The van der Waals surface area contributed by atoms with Gasteiger partial charge < -0.3 is 10.5 Å². The van der Waals surface area contributed by atoms with E-state index in [1.807, 2.05) is 29.8 Å². The predicted octanol–water partition coefficient (Wildman–Crippen LogP) is 2.08. The maximum absolute atomic E-state index is 5.87. The summed E-state index contributed by atoms with van der Waals surface area (Å²) in [4.78, 5) is 0. The molecular weight excluding hydrogens is 228 g/mol. The Bertz CT molecular complexity index is 533. The van der Waals surface area contributed by atoms with E-state index in [-0.39, 0.29) is 5.41 Å². The number of benzene rings is 1. The van der Waals surface area contributed by atoms with Gasteiger partial charge in [-0.15, -0.1) is 5.10 Å². The molecule has 2 aromatic rings. The normalized spacial score (nSPS) is 12.2. The van der Waals surface area contributed by atoms with Gasteiger partial charge in [0.2, 0.25) is 0 Å². The lowest BCUT2D eigenvalue weighted by molar-refractivity contribution is 0.0594. The number of aromatic nitrogens is 3. The van der Waals surface area contributed by atoms with Crippen molar-refractivity contribution in [2.24, 2.45) is 5.41 Å². The monoisotopic (exact) mass is 248 g/mol. The molecular formula is C13H20N4O. The quantitative estimate of drug-likeness (QED) is 0.823. The Morgan fingerprint density at radius 1 is 1.39 bits per heavy atom. The van der Waals surface area contributed by atoms with Crippen LogP contribution in [0.3, 0.4) is 0 Å². The summed E-state index contributed by atoms with van der Waals surface area (Å²) in [6.07, 6.45) is 0. The molecule has 0 unspecified atom stereocenters. The number of hydrogen-bond acceptors (Lipinski definition) is 4. The largest absolute Gasteiger partial charge is 0.397 e. The lowest BCUT2D eigenvalue weighted by atomic mass is 9.95. The SMILES string of the molecule is CCOCC(C)(C)Cn1nnc2c(N)cccc21. The van der Waals surface area contributed by atoms with Crippen LogP contribution in [0.1, 0.15) is 20.8 Å². The van der Waals surface area contributed by atoms with Crippen LogP contribution in [-0.2, 0) is 11.3 Å². The average molecular weight is 248 g/mol. The standard InChI is InChI=1S/C13H20N4O/c1-4-18-9-13(2,3)8-17-11-7-5-6-10(14)12(11)15-16-17/h5-7H,4,8-9,14H2,1-3H3. The second kappa shape index (κ2) is 4.94. The molecule has 0 fully saturated rings. The molecule has 18 heavy (non-hydrogen) atoms. The van der Waals surface area contributed by atoms with Gasteiger partial charge in [-0.05, 0) is 19.1 Å². The van der Waals surface area contributed by atoms with Crippen LogP contribution in [0.15, 0.2) is 18.2 Å². The molecule has 1 aromatic heterocycles. The lowest BCUT2D eigenvalue weighted by Crippen LogP contribution is -2.26. The van der Waals surface area contributed by atoms with Crippen molar-refractivity contribution in [3.8, 4) is 0 Å². The first-order valence-corrected chi connectivity index (χ1v) is 6.19. The van der Waals surface area contributed by atoms with E-state index >= 15 is 0 Å². The Morgan fingerprint density at radius 3 is 2.89 bits per heavy atom. The van der Waals surface area contributed by atoms with Crippen molar-refractivity contribution in [1.29, 1.82) is 0 Å². The van der Waals surface area contributed by atoms with Crippen LogP contribution in [0.25, 0.3) is 11.0 Å². The molecule has 98 valence electrons. The minimum atomic E-state index is 0.0151. The van der Waals surface area contributed by atoms with Gasteiger partial charge in [0.05, 0.1) is 24.4 Å². The fraction of sp³-hybridized carbons (Fsp3) is 0.538. The maximum Gasteiger partial charge on any atom is 0.136 e. The molecule has 0 atom stereocenters. The van der Waals surface area contributed by atoms with Gasteiger partial charge in [0.25, 0.3) is 0 Å². The minimum absolute atomic E-state index is 0.0151. The first-order chi connectivity index (χ1) is 8.53. The summed E-state index contributed by atoms with van der Waals surface area (Å²) in [5.41, 5.74) is 8.30. The molecule has 5 nitrogen and oxygen atoms in total. The molecule has 0 aliphatic carbocycles. The molecule has 0 saturated carbocycles. The fourth-order valence-electron chi connectivity index (χ4n) is 1.96. The van der Waals surface area contributed by atoms with Crippen molar-refractivity contribution in [3.63, 3.8) is 0 Å². The highest BCUT2D eigenvalue weighted by atomic mass is 16.5. The Balaban J connectivity index is 2.24. The number of nitrogens with zero attached hydrogens (tertiary/aromatic N) is 3. The van der Waals surface area contributed by atoms with E-state index in [9.17, 15) is 0 Å². The molecule has 5 heteroatoms. The van der Waals surface area contributed by atoms with E-state index in [1.165, 1.54) is 0 Å². The molecule has 0 aliphatic rings. The number of nitrogens with two attached hydrogens (primary N) is 1. The molecule has 0 spiro atoms. The van der Waals surface area contributed by atoms with Gasteiger partial charge in [0, 0.05) is 12.0 Å². The van der Waals surface area contributed by atoms with Gasteiger partial charge >= 0.3 is 0 Å². The molecule has 0 bridgehead atoms. The van der Waals surface area contributed by atoms with Crippen molar-refractivity contribution in [3.05, 3.63) is 18.2 Å². The summed E-state index contributed by atoms with van der Waals surface area (Å²) in [5.74, 6) is 0. The van der Waals surface area contributed by atoms with Crippen molar-refractivity contribution in [1.82, 2.24) is 15.0 Å². The second-order valence-electron chi connectivity index (χ2n) is 5.26. The van der Waals surface area contributed by atoms with Crippen molar-refractivity contribution in [2.45, 2.75) is 27.3 Å². The Morgan fingerprint density at radius 2 is 2.17 bits per heavy atom. The number of rotatable bonds is 5. The number of fused-ring (bicyclic) bond motifs is 1. The molecule has 0 amide bonds. The zero-order valence-electron chi connectivity index (χ0n) is 11.2. The van der Waals surface area contributed by atoms with Crippen LogP contribution < -0.4 is 5.73 Å². The van der Waals surface area contributed by atoms with E-state index in [2.05, 4.69) is 24.2 Å². The molecule has 2 rings (SSSR count). The van der Waals surface area contributed by atoms with Gasteiger partial charge in [-0.1, -0.05) is 25.1 Å². The van der Waals surface area contributed by atoms with Crippen molar-refractivity contribution in [2.75, 3.05) is 18.9 Å². The van der Waals surface area contributed by atoms with Crippen LogP contribution in [-0.4, -0.2) is 28.2 Å². The number of ether oxygens (including phenoxy) is 1. The van der Waals surface area contributed by atoms with E-state index in [0.717, 1.165) is 24.2 Å². The lowest BCUT2D eigenvalue weighted by Gasteiger charge is -2.24. The Labute approximate surface area is 107 Å². The van der Waals surface area contributed by atoms with Crippen LogP contribution in [0.5, 0.6) is 0 Å². The molecule has 0 saturated heterocycles. The van der Waals surface area contributed by atoms with Gasteiger partial charge in [-0.3, -0.25) is 0 Å². The molecule has 0 aliphatic heterocycles. The van der Waals surface area contributed by atoms with E-state index in [4.69, 9.17) is 10.5 Å². The van der Waals surface area contributed by atoms with Crippen LogP contribution in [0.4, 0.5) is 5.69 Å². The Kier molecular flexibility index (Phi) is 3.52. The van der Waals surface area contributed by atoms with E-state index in [0.29, 0.717) is 12.3 Å². The molecule has 1 aromatic carbocycles. The highest BCUT2D eigenvalue weighted by Crippen LogP contribution is 2.23. The minimum Gasteiger partial charge on any atom is -0.397 e. The van der Waals surface area contributed by atoms with E-state index in [1.54, 1.807) is 0 Å². The van der Waals surface area contributed by atoms with Gasteiger partial charge in [-0.2, -0.15) is 0 Å². The molecule has 1 heterocycles. The summed E-state index contributed by atoms with van der Waals surface area (Å²) >= 11 is 0. The van der Waals surface area contributed by atoms with Gasteiger partial charge in [0.1, 0.15) is 5.52 Å². The number of hydrogen-bond donors (Lipinski definition) is 1. The molecule has 2 N–H and O–H groups in total. The third-order valence-corrected chi connectivity index (χ3v) is 2.85. The van der Waals surface area contributed by atoms with Gasteiger partial charge in [0.15, 0.2) is 0 Å². The predicted molar refractivity (Wildman–Crippen MR) is 72.2 cm³/mol. The zero-order valence-corrected chi connectivity index (χ0v) is 11.2. The fourth-order valence-corrected chi connectivity index (χ4v) is 1.96. The summed E-state index contributed by atoms with van der Waals surface area (Å²) in [6, 6.07) is 5.75. The van der Waals surface area contributed by atoms with Crippen LogP contribution >= 0.6 is 0 Å². The summed E-state index contributed by atoms with van der Waals surface area (Å²) in [6.45, 7) is 8.50. The third-order valence-electron chi connectivity index (χ3n) is 2.85. The smallest absolute Gasteiger partial charge is 0.136 e. The second-order valence-corrected chi connectivity index (χ2v) is 5.26. The zero-order chi connectivity index (χ0) is 13.2. The maximum atomic E-state index is 5.87. The first-order valence-electron chi connectivity index (χ1n) is 6.19. The highest BCUT2D eigenvalue weighted by molar-refractivity contribution is 5.86. The third kappa shape index (κ3) is 2.61. The topological polar surface area (TPSA) is 66.0 Å². The summed E-state index contributed by atoms with van der Waals surface area (Å²) < 4.78 is 7.39. The van der Waals surface area contributed by atoms with Gasteiger partial charge in [-0.25, -0.2) is 4.68 Å². The van der Waals surface area contributed by atoms with Crippen LogP contribution in [0.2, 0.25) is 0 Å². The van der Waals surface area contributed by atoms with Crippen molar-refractivity contribution < 1.29 is 4.74 Å². The molecule has 0 radical (unpaired) electrons. The number of anilines is 1. The van der Waals surface area contributed by atoms with Crippen LogP contribution in [0, 0.1) is 5.41 Å². The Hall–Kier alpha value is -1.62. The van der Waals surface area contributed by atoms with Crippen molar-refractivity contribution >= 4 is 16.7 Å². The average Bonchev–Trinajstić information content (AvgIpc) is 2.71. The van der Waals surface area contributed by atoms with E-state index < -0.39 is 0 Å². The summed E-state index contributed by atoms with van der Waals surface area (Å²) in [7, 11) is 0. The highest BCUT2D eigenvalue weighted by Gasteiger charge is 2.21. The summed E-state index contributed by atoms with van der Waals surface area (Å²) in [5, 5.41) is 8.31.